The molecule has 0 unspecified atom stereocenters. The summed E-state index contributed by atoms with van der Waals surface area (Å²) in [6.45, 7) is 0. The molecule has 0 atom stereocenters. The number of nitrogens with one attached hydrogen (secondary N) is 2. The molecule has 0 saturated heterocycles. The van der Waals surface area contributed by atoms with Crippen LogP contribution in [0.3, 0.4) is 0 Å². The molecule has 1 amide bonds. The fraction of sp³-hybridized carbons (Fsp3) is 0.261. The van der Waals surface area contributed by atoms with Gasteiger partial charge < -0.3 is 10.6 Å². The number of anilines is 2. The first-order chi connectivity index (χ1) is 14.2. The second kappa shape index (κ2) is 8.82. The van der Waals surface area contributed by atoms with Gasteiger partial charge in [0.05, 0.1) is 5.69 Å². The molecule has 2 N–H and O–H groups in total. The second-order valence-electron chi connectivity index (χ2n) is 7.32. The summed E-state index contributed by atoms with van der Waals surface area (Å²) in [5, 5.41) is 14.6. The van der Waals surface area contributed by atoms with Crippen LogP contribution >= 0.6 is 0 Å². The van der Waals surface area contributed by atoms with Crippen molar-refractivity contribution in [2.45, 2.75) is 38.1 Å². The van der Waals surface area contributed by atoms with Gasteiger partial charge in [-0.05, 0) is 61.4 Å². The van der Waals surface area contributed by atoms with E-state index in [2.05, 4.69) is 20.8 Å². The van der Waals surface area contributed by atoms with Gasteiger partial charge in [0, 0.05) is 22.9 Å². The second-order valence-corrected chi connectivity index (χ2v) is 7.32. The molecule has 29 heavy (non-hydrogen) atoms. The number of nitrogens with zero attached hydrogens (tertiary/aromatic N) is 2. The van der Waals surface area contributed by atoms with Gasteiger partial charge in [-0.1, -0.05) is 31.4 Å². The number of halogens is 1. The maximum absolute atomic E-state index is 13.4. The van der Waals surface area contributed by atoms with Gasteiger partial charge in [0.2, 0.25) is 0 Å². The third kappa shape index (κ3) is 4.96. The summed E-state index contributed by atoms with van der Waals surface area (Å²) in [4.78, 5) is 12.4. The lowest BCUT2D eigenvalue weighted by molar-refractivity contribution is 0.0927. The van der Waals surface area contributed by atoms with Gasteiger partial charge >= 0.3 is 0 Å². The van der Waals surface area contributed by atoms with E-state index >= 15 is 0 Å². The number of benzene rings is 2. The molecule has 6 heteroatoms. The first kappa shape index (κ1) is 19.1. The average molecular weight is 390 g/mol. The van der Waals surface area contributed by atoms with Crippen LogP contribution in [0.25, 0.3) is 11.3 Å². The first-order valence-electron chi connectivity index (χ1n) is 9.95. The number of rotatable bonds is 5. The molecular weight excluding hydrogens is 367 g/mol. The molecule has 1 saturated carbocycles. The predicted octanol–water partition coefficient (Wildman–Crippen LogP) is 5.09. The van der Waals surface area contributed by atoms with Gasteiger partial charge in [-0.2, -0.15) is 0 Å². The molecule has 1 aliphatic rings. The Kier molecular flexibility index (Phi) is 5.79. The molecule has 3 aromatic rings. The van der Waals surface area contributed by atoms with E-state index in [1.54, 1.807) is 36.4 Å². The van der Waals surface area contributed by atoms with E-state index in [0.29, 0.717) is 28.7 Å². The Morgan fingerprint density at radius 2 is 1.72 bits per heavy atom. The minimum absolute atomic E-state index is 0.0253. The molecule has 148 valence electrons. The lowest BCUT2D eigenvalue weighted by atomic mass is 9.95. The Bertz CT molecular complexity index is 967. The van der Waals surface area contributed by atoms with Gasteiger partial charge in [-0.3, -0.25) is 4.79 Å². The van der Waals surface area contributed by atoms with Crippen LogP contribution in [0.1, 0.15) is 42.5 Å². The Morgan fingerprint density at radius 1 is 0.931 bits per heavy atom. The van der Waals surface area contributed by atoms with Crippen LogP contribution in [0.2, 0.25) is 0 Å². The van der Waals surface area contributed by atoms with Crippen LogP contribution in [-0.2, 0) is 0 Å². The Morgan fingerprint density at radius 3 is 2.41 bits per heavy atom. The molecule has 0 spiro atoms. The van der Waals surface area contributed by atoms with Crippen LogP contribution < -0.4 is 10.6 Å². The fourth-order valence-corrected chi connectivity index (χ4v) is 3.57. The van der Waals surface area contributed by atoms with Crippen LogP contribution in [0.15, 0.2) is 60.7 Å². The highest BCUT2D eigenvalue weighted by Gasteiger charge is 2.16. The number of carbonyl (C=O) groups excluding carboxylic acids is 1. The van der Waals surface area contributed by atoms with Crippen molar-refractivity contribution >= 4 is 17.4 Å². The predicted molar refractivity (Wildman–Crippen MR) is 111 cm³/mol. The Hall–Kier alpha value is -3.28. The van der Waals surface area contributed by atoms with Crippen molar-refractivity contribution in [2.75, 3.05) is 5.32 Å². The summed E-state index contributed by atoms with van der Waals surface area (Å²) >= 11 is 0. The van der Waals surface area contributed by atoms with Gasteiger partial charge in [0.25, 0.3) is 5.91 Å². The van der Waals surface area contributed by atoms with Crippen molar-refractivity contribution in [1.29, 1.82) is 0 Å². The SMILES string of the molecule is O=C(NC1CCCCC1)c1ccc(Nc2ccc(-c3cccc(F)c3)nn2)cc1. The quantitative estimate of drug-likeness (QED) is 0.637. The van der Waals surface area contributed by atoms with E-state index in [-0.39, 0.29) is 11.7 Å². The molecule has 1 fully saturated rings. The molecule has 4 rings (SSSR count). The highest BCUT2D eigenvalue weighted by atomic mass is 19.1. The molecule has 1 heterocycles. The Labute approximate surface area is 169 Å². The summed E-state index contributed by atoms with van der Waals surface area (Å²) in [5.74, 6) is 0.242. The molecule has 1 aliphatic carbocycles. The Balaban J connectivity index is 1.37. The topological polar surface area (TPSA) is 66.9 Å². The van der Waals surface area contributed by atoms with E-state index in [1.807, 2.05) is 12.1 Å². The summed E-state index contributed by atoms with van der Waals surface area (Å²) in [6, 6.07) is 17.4. The van der Waals surface area contributed by atoms with Crippen molar-refractivity contribution in [1.82, 2.24) is 15.5 Å². The minimum Gasteiger partial charge on any atom is -0.349 e. The molecule has 0 bridgehead atoms. The maximum atomic E-state index is 13.4. The third-order valence-corrected chi connectivity index (χ3v) is 5.14. The number of aromatic nitrogens is 2. The first-order valence-corrected chi connectivity index (χ1v) is 9.95. The van der Waals surface area contributed by atoms with Gasteiger partial charge in [-0.25, -0.2) is 4.39 Å². The molecular formula is C23H23FN4O. The zero-order valence-corrected chi connectivity index (χ0v) is 16.1. The smallest absolute Gasteiger partial charge is 0.251 e. The fourth-order valence-electron chi connectivity index (χ4n) is 3.57. The molecule has 2 aromatic carbocycles. The summed E-state index contributed by atoms with van der Waals surface area (Å²) < 4.78 is 13.4. The van der Waals surface area contributed by atoms with Crippen LogP contribution in [0.4, 0.5) is 15.9 Å². The van der Waals surface area contributed by atoms with Crippen LogP contribution in [0, 0.1) is 5.82 Å². The van der Waals surface area contributed by atoms with Crippen LogP contribution in [0.5, 0.6) is 0 Å². The van der Waals surface area contributed by atoms with Crippen molar-refractivity contribution in [3.8, 4) is 11.3 Å². The van der Waals surface area contributed by atoms with E-state index in [1.165, 1.54) is 31.4 Å². The van der Waals surface area contributed by atoms with Gasteiger partial charge in [0.1, 0.15) is 5.82 Å². The van der Waals surface area contributed by atoms with E-state index < -0.39 is 0 Å². The van der Waals surface area contributed by atoms with E-state index in [4.69, 9.17) is 0 Å². The van der Waals surface area contributed by atoms with Crippen molar-refractivity contribution in [3.05, 3.63) is 72.0 Å². The zero-order chi connectivity index (χ0) is 20.1. The van der Waals surface area contributed by atoms with Crippen molar-refractivity contribution in [3.63, 3.8) is 0 Å². The minimum atomic E-state index is -0.306. The average Bonchev–Trinajstić information content (AvgIpc) is 2.75. The van der Waals surface area contributed by atoms with E-state index in [9.17, 15) is 9.18 Å². The lowest BCUT2D eigenvalue weighted by Crippen LogP contribution is -2.36. The number of amides is 1. The normalized spacial score (nSPS) is 14.4. The largest absolute Gasteiger partial charge is 0.349 e. The molecule has 0 aliphatic heterocycles. The standard InChI is InChI=1S/C23H23FN4O/c24-18-6-4-5-17(15-18)21-13-14-22(28-27-21)25-20-11-9-16(10-12-20)23(29)26-19-7-2-1-3-8-19/h4-6,9-15,19H,1-3,7-8H2,(H,25,28)(H,26,29). The molecule has 1 aromatic heterocycles. The van der Waals surface area contributed by atoms with Crippen LogP contribution in [-0.4, -0.2) is 22.1 Å². The number of hydrogen-bond donors (Lipinski definition) is 2. The summed E-state index contributed by atoms with van der Waals surface area (Å²) in [7, 11) is 0. The summed E-state index contributed by atoms with van der Waals surface area (Å²) in [5.41, 5.74) is 2.74. The molecule has 0 radical (unpaired) electrons. The summed E-state index contributed by atoms with van der Waals surface area (Å²) in [6.07, 6.45) is 5.77. The molecule has 5 nitrogen and oxygen atoms in total. The van der Waals surface area contributed by atoms with Gasteiger partial charge in [-0.15, -0.1) is 10.2 Å². The monoisotopic (exact) mass is 390 g/mol. The van der Waals surface area contributed by atoms with E-state index in [0.717, 1.165) is 18.5 Å². The maximum Gasteiger partial charge on any atom is 0.251 e. The third-order valence-electron chi connectivity index (χ3n) is 5.14. The highest BCUT2D eigenvalue weighted by molar-refractivity contribution is 5.94. The number of carbonyl (C=O) groups is 1. The van der Waals surface area contributed by atoms with Gasteiger partial charge in [0.15, 0.2) is 5.82 Å². The number of hydrogen-bond acceptors (Lipinski definition) is 4. The van der Waals surface area contributed by atoms with Crippen molar-refractivity contribution < 1.29 is 9.18 Å². The lowest BCUT2D eigenvalue weighted by Gasteiger charge is -2.22. The van der Waals surface area contributed by atoms with Crippen molar-refractivity contribution in [2.24, 2.45) is 0 Å². The highest BCUT2D eigenvalue weighted by Crippen LogP contribution is 2.21. The zero-order valence-electron chi connectivity index (χ0n) is 16.1.